The molecule has 0 aromatic carbocycles. The highest BCUT2D eigenvalue weighted by molar-refractivity contribution is 8.11. The quantitative estimate of drug-likeness (QED) is 0.536. The van der Waals surface area contributed by atoms with Crippen LogP contribution in [-0.2, 0) is 9.53 Å². The molecule has 0 rings (SSSR count). The number of hydrogen-bond acceptors (Lipinski definition) is 5. The van der Waals surface area contributed by atoms with Gasteiger partial charge < -0.3 is 15.2 Å². The van der Waals surface area contributed by atoms with Crippen molar-refractivity contribution in [3.05, 3.63) is 0 Å². The van der Waals surface area contributed by atoms with Gasteiger partial charge in [-0.3, -0.25) is 0 Å². The second-order valence-electron chi connectivity index (χ2n) is 5.29. The molecule has 0 heterocycles. The van der Waals surface area contributed by atoms with Gasteiger partial charge in [-0.2, -0.15) is 12.6 Å². The van der Waals surface area contributed by atoms with Gasteiger partial charge in [0.25, 0.3) is 0 Å². The third kappa shape index (κ3) is 9.47. The molecule has 0 saturated heterocycles. The van der Waals surface area contributed by atoms with Crippen molar-refractivity contribution < 1.29 is 19.4 Å². The lowest BCUT2D eigenvalue weighted by atomic mass is 10.2. The minimum absolute atomic E-state index is 0.227. The monoisotopic (exact) mass is 295 g/mol. The first kappa shape index (κ1) is 17.4. The summed E-state index contributed by atoms with van der Waals surface area (Å²) in [6.45, 7) is 8.86. The lowest BCUT2D eigenvalue weighted by Crippen LogP contribution is -2.45. The SMILES string of the molecule is CC(C)(C)OC(=O)N[C@@H](CSC(C)(C)S)C(=O)O. The van der Waals surface area contributed by atoms with Crippen LogP contribution in [0.5, 0.6) is 0 Å². The molecule has 0 aliphatic carbocycles. The molecule has 18 heavy (non-hydrogen) atoms. The fourth-order valence-electron chi connectivity index (χ4n) is 0.912. The van der Waals surface area contributed by atoms with Gasteiger partial charge in [0.1, 0.15) is 11.6 Å². The minimum atomic E-state index is -1.09. The lowest BCUT2D eigenvalue weighted by molar-refractivity contribution is -0.138. The molecule has 0 radical (unpaired) electrons. The predicted molar refractivity (Wildman–Crippen MR) is 76.3 cm³/mol. The summed E-state index contributed by atoms with van der Waals surface area (Å²) in [6, 6.07) is -0.990. The van der Waals surface area contributed by atoms with Gasteiger partial charge in [0.05, 0.1) is 4.08 Å². The highest BCUT2D eigenvalue weighted by Crippen LogP contribution is 2.28. The topological polar surface area (TPSA) is 75.6 Å². The van der Waals surface area contributed by atoms with Crippen LogP contribution in [0.1, 0.15) is 34.6 Å². The van der Waals surface area contributed by atoms with E-state index in [1.807, 2.05) is 13.8 Å². The number of ether oxygens (including phenoxy) is 1. The maximum absolute atomic E-state index is 11.5. The zero-order chi connectivity index (χ0) is 14.6. The van der Waals surface area contributed by atoms with E-state index in [0.717, 1.165) is 0 Å². The summed E-state index contributed by atoms with van der Waals surface area (Å²) in [6.07, 6.45) is -0.729. The standard InChI is InChI=1S/C11H21NO4S2/c1-10(2,3)16-9(15)12-7(8(13)14)6-18-11(4,5)17/h7,17H,6H2,1-5H3,(H,12,15)(H,13,14)/t7-/m0/s1. The fourth-order valence-corrected chi connectivity index (χ4v) is 1.94. The van der Waals surface area contributed by atoms with Crippen molar-refractivity contribution in [2.45, 2.75) is 50.3 Å². The molecule has 0 aromatic heterocycles. The smallest absolute Gasteiger partial charge is 0.408 e. The zero-order valence-corrected chi connectivity index (χ0v) is 13.0. The summed E-state index contributed by atoms with van der Waals surface area (Å²) in [5.74, 6) is -0.864. The third-order valence-corrected chi connectivity index (χ3v) is 3.19. The number of carboxylic acid groups (broad SMARTS) is 1. The first-order chi connectivity index (χ1) is 7.91. The Kier molecular flexibility index (Phi) is 6.36. The van der Waals surface area contributed by atoms with Crippen LogP contribution in [0.3, 0.4) is 0 Å². The van der Waals surface area contributed by atoms with Crippen LogP contribution in [0.15, 0.2) is 0 Å². The number of thioether (sulfide) groups is 1. The number of thiol groups is 1. The fraction of sp³-hybridized carbons (Fsp3) is 0.818. The second-order valence-corrected chi connectivity index (χ2v) is 8.36. The summed E-state index contributed by atoms with van der Waals surface area (Å²) < 4.78 is 4.65. The third-order valence-electron chi connectivity index (χ3n) is 1.59. The van der Waals surface area contributed by atoms with E-state index >= 15 is 0 Å². The van der Waals surface area contributed by atoms with Crippen LogP contribution in [0.2, 0.25) is 0 Å². The van der Waals surface area contributed by atoms with Crippen molar-refractivity contribution in [1.82, 2.24) is 5.32 Å². The van der Waals surface area contributed by atoms with Gasteiger partial charge in [0.15, 0.2) is 0 Å². The number of carbonyl (C=O) groups is 2. The first-order valence-electron chi connectivity index (χ1n) is 5.49. The Balaban J connectivity index is 4.37. The molecule has 7 heteroatoms. The Morgan fingerprint density at radius 3 is 2.17 bits per heavy atom. The van der Waals surface area contributed by atoms with Crippen LogP contribution in [0, 0.1) is 0 Å². The molecule has 1 atom stereocenters. The van der Waals surface area contributed by atoms with Gasteiger partial charge in [0, 0.05) is 5.75 Å². The summed E-state index contributed by atoms with van der Waals surface area (Å²) >= 11 is 5.63. The molecule has 0 spiro atoms. The van der Waals surface area contributed by atoms with E-state index in [1.165, 1.54) is 11.8 Å². The van der Waals surface area contributed by atoms with Crippen molar-refractivity contribution in [3.8, 4) is 0 Å². The zero-order valence-electron chi connectivity index (χ0n) is 11.3. The number of carbonyl (C=O) groups excluding carboxylic acids is 1. The van der Waals surface area contributed by atoms with Crippen molar-refractivity contribution in [2.24, 2.45) is 0 Å². The van der Waals surface area contributed by atoms with E-state index < -0.39 is 23.7 Å². The summed E-state index contributed by atoms with van der Waals surface area (Å²) in [5.41, 5.74) is -0.650. The van der Waals surface area contributed by atoms with E-state index in [9.17, 15) is 9.59 Å². The van der Waals surface area contributed by atoms with Crippen LogP contribution in [0.4, 0.5) is 4.79 Å². The Morgan fingerprint density at radius 1 is 1.33 bits per heavy atom. The summed E-state index contributed by atoms with van der Waals surface area (Å²) in [5, 5.41) is 11.3. The number of rotatable bonds is 5. The van der Waals surface area contributed by atoms with Crippen molar-refractivity contribution in [2.75, 3.05) is 5.75 Å². The highest BCUT2D eigenvalue weighted by atomic mass is 32.2. The van der Waals surface area contributed by atoms with E-state index in [4.69, 9.17) is 9.84 Å². The summed E-state index contributed by atoms with van der Waals surface area (Å²) in [4.78, 5) is 22.5. The Bertz CT molecular complexity index is 307. The Labute approximate surface area is 117 Å². The van der Waals surface area contributed by atoms with Crippen LogP contribution in [0.25, 0.3) is 0 Å². The number of alkyl carbamates (subject to hydrolysis) is 1. The molecule has 0 aliphatic heterocycles. The molecule has 0 fully saturated rings. The largest absolute Gasteiger partial charge is 0.480 e. The predicted octanol–water partition coefficient (Wildman–Crippen LogP) is 2.36. The molecule has 5 nitrogen and oxygen atoms in total. The maximum atomic E-state index is 11.5. The van der Waals surface area contributed by atoms with E-state index in [2.05, 4.69) is 17.9 Å². The van der Waals surface area contributed by atoms with Crippen molar-refractivity contribution >= 4 is 36.5 Å². The van der Waals surface area contributed by atoms with Gasteiger partial charge in [-0.25, -0.2) is 9.59 Å². The maximum Gasteiger partial charge on any atom is 0.408 e. The van der Waals surface area contributed by atoms with Gasteiger partial charge in [-0.1, -0.05) is 0 Å². The highest BCUT2D eigenvalue weighted by Gasteiger charge is 2.26. The van der Waals surface area contributed by atoms with E-state index in [1.54, 1.807) is 20.8 Å². The number of hydrogen-bond donors (Lipinski definition) is 3. The average Bonchev–Trinajstić information content (AvgIpc) is 2.06. The van der Waals surface area contributed by atoms with Crippen molar-refractivity contribution in [1.29, 1.82) is 0 Å². The molecular formula is C11H21NO4S2. The van der Waals surface area contributed by atoms with Gasteiger partial charge in [-0.15, -0.1) is 11.8 Å². The van der Waals surface area contributed by atoms with Gasteiger partial charge >= 0.3 is 12.1 Å². The molecule has 0 aliphatic rings. The summed E-state index contributed by atoms with van der Waals surface area (Å²) in [7, 11) is 0. The van der Waals surface area contributed by atoms with E-state index in [0.29, 0.717) is 0 Å². The van der Waals surface area contributed by atoms with Crippen molar-refractivity contribution in [3.63, 3.8) is 0 Å². The number of carboxylic acids is 1. The van der Waals surface area contributed by atoms with Crippen LogP contribution in [-0.4, -0.2) is 38.6 Å². The van der Waals surface area contributed by atoms with Crippen LogP contribution < -0.4 is 5.32 Å². The molecule has 0 saturated carbocycles. The van der Waals surface area contributed by atoms with Crippen LogP contribution >= 0.6 is 24.4 Å². The average molecular weight is 295 g/mol. The number of nitrogens with one attached hydrogen (secondary N) is 1. The molecular weight excluding hydrogens is 274 g/mol. The Morgan fingerprint density at radius 2 is 1.83 bits per heavy atom. The molecule has 2 N–H and O–H groups in total. The number of aliphatic carboxylic acids is 1. The lowest BCUT2D eigenvalue weighted by Gasteiger charge is -2.23. The molecule has 1 amide bonds. The van der Waals surface area contributed by atoms with Gasteiger partial charge in [0.2, 0.25) is 0 Å². The minimum Gasteiger partial charge on any atom is -0.480 e. The first-order valence-corrected chi connectivity index (χ1v) is 6.92. The van der Waals surface area contributed by atoms with E-state index in [-0.39, 0.29) is 9.83 Å². The Hall–Kier alpha value is -0.560. The molecule has 0 unspecified atom stereocenters. The molecule has 106 valence electrons. The normalized spacial score (nSPS) is 13.9. The molecule has 0 aromatic rings. The van der Waals surface area contributed by atoms with Gasteiger partial charge in [-0.05, 0) is 34.6 Å². The number of amides is 1. The second kappa shape index (κ2) is 6.56. The molecule has 0 bridgehead atoms.